The van der Waals surface area contributed by atoms with Crippen LogP contribution in [0.2, 0.25) is 10.0 Å². The van der Waals surface area contributed by atoms with Gasteiger partial charge in [-0.2, -0.15) is 0 Å². The standard InChI is InChI=1S/C22H25Cl2NO5/c1-22(2,3)30-21(28)25(4)19(20(26)27)12-14-8-10-15(11-9-14)29-13-16-17(23)6-5-7-18(16)24/h5-11,19H,12-13H2,1-4H3,(H,26,27)/t19-/m0/s1. The second-order valence-electron chi connectivity index (χ2n) is 7.78. The molecule has 30 heavy (non-hydrogen) atoms. The van der Waals surface area contributed by atoms with Crippen LogP contribution in [0.25, 0.3) is 0 Å². The van der Waals surface area contributed by atoms with Crippen molar-refractivity contribution in [3.8, 4) is 5.75 Å². The SMILES string of the molecule is CN(C(=O)OC(C)(C)C)[C@@H](Cc1ccc(OCc2c(Cl)cccc2Cl)cc1)C(=O)O. The van der Waals surface area contributed by atoms with Crippen molar-refractivity contribution in [2.45, 2.75) is 45.4 Å². The molecule has 0 saturated heterocycles. The molecule has 0 aliphatic carbocycles. The van der Waals surface area contributed by atoms with Gasteiger partial charge in [0.1, 0.15) is 24.0 Å². The van der Waals surface area contributed by atoms with Gasteiger partial charge in [0.2, 0.25) is 0 Å². The third-order valence-corrected chi connectivity index (χ3v) is 4.94. The second kappa shape index (κ2) is 10.0. The summed E-state index contributed by atoms with van der Waals surface area (Å²) in [5, 5.41) is 10.6. The van der Waals surface area contributed by atoms with Gasteiger partial charge in [-0.05, 0) is 50.6 Å². The third-order valence-electron chi connectivity index (χ3n) is 4.23. The number of hydrogen-bond donors (Lipinski definition) is 1. The predicted octanol–water partition coefficient (Wildman–Crippen LogP) is 5.44. The third kappa shape index (κ3) is 6.82. The summed E-state index contributed by atoms with van der Waals surface area (Å²) >= 11 is 12.3. The van der Waals surface area contributed by atoms with Crippen LogP contribution in [0.4, 0.5) is 4.79 Å². The highest BCUT2D eigenvalue weighted by molar-refractivity contribution is 6.35. The number of ether oxygens (including phenoxy) is 2. The number of carboxylic acids is 1. The molecule has 2 aromatic rings. The number of carbonyl (C=O) groups excluding carboxylic acids is 1. The average Bonchev–Trinajstić information content (AvgIpc) is 2.64. The molecule has 0 spiro atoms. The van der Waals surface area contributed by atoms with Crippen LogP contribution in [0, 0.1) is 0 Å². The summed E-state index contributed by atoms with van der Waals surface area (Å²) in [6.45, 7) is 5.38. The van der Waals surface area contributed by atoms with E-state index in [0.717, 1.165) is 10.5 Å². The average molecular weight is 454 g/mol. The van der Waals surface area contributed by atoms with E-state index >= 15 is 0 Å². The van der Waals surface area contributed by atoms with Crippen molar-refractivity contribution in [3.63, 3.8) is 0 Å². The monoisotopic (exact) mass is 453 g/mol. The van der Waals surface area contributed by atoms with Crippen LogP contribution < -0.4 is 4.74 Å². The number of carboxylic acid groups (broad SMARTS) is 1. The van der Waals surface area contributed by atoms with Crippen LogP contribution in [-0.4, -0.2) is 40.8 Å². The lowest BCUT2D eigenvalue weighted by molar-refractivity contribution is -0.142. The number of likely N-dealkylation sites (N-methyl/N-ethyl adjacent to an activating group) is 1. The molecule has 0 bridgehead atoms. The van der Waals surface area contributed by atoms with Gasteiger partial charge < -0.3 is 14.6 Å². The molecule has 8 heteroatoms. The molecule has 0 radical (unpaired) electrons. The zero-order valence-corrected chi connectivity index (χ0v) is 18.8. The number of benzene rings is 2. The summed E-state index contributed by atoms with van der Waals surface area (Å²) in [7, 11) is 1.41. The second-order valence-corrected chi connectivity index (χ2v) is 8.60. The Balaban J connectivity index is 2.03. The first-order chi connectivity index (χ1) is 14.0. The summed E-state index contributed by atoms with van der Waals surface area (Å²) in [5.74, 6) is -0.529. The Morgan fingerprint density at radius 1 is 1.07 bits per heavy atom. The Bertz CT molecular complexity index is 873. The van der Waals surface area contributed by atoms with E-state index in [1.807, 2.05) is 0 Å². The molecule has 1 N–H and O–H groups in total. The van der Waals surface area contributed by atoms with E-state index in [-0.39, 0.29) is 13.0 Å². The van der Waals surface area contributed by atoms with E-state index in [2.05, 4.69) is 0 Å². The fourth-order valence-corrected chi connectivity index (χ4v) is 3.13. The van der Waals surface area contributed by atoms with Crippen LogP contribution in [0.1, 0.15) is 31.9 Å². The summed E-state index contributed by atoms with van der Waals surface area (Å²) in [4.78, 5) is 25.0. The number of carbonyl (C=O) groups is 2. The smallest absolute Gasteiger partial charge is 0.410 e. The van der Waals surface area contributed by atoms with Gasteiger partial charge in [0.25, 0.3) is 0 Å². The maximum atomic E-state index is 12.2. The maximum absolute atomic E-state index is 12.2. The lowest BCUT2D eigenvalue weighted by Gasteiger charge is -2.28. The van der Waals surface area contributed by atoms with Crippen molar-refractivity contribution in [2.75, 3.05) is 7.05 Å². The first-order valence-corrected chi connectivity index (χ1v) is 10.1. The zero-order chi connectivity index (χ0) is 22.5. The van der Waals surface area contributed by atoms with Crippen molar-refractivity contribution in [2.24, 2.45) is 0 Å². The molecule has 0 unspecified atom stereocenters. The van der Waals surface area contributed by atoms with Gasteiger partial charge >= 0.3 is 12.1 Å². The highest BCUT2D eigenvalue weighted by Crippen LogP contribution is 2.26. The fraction of sp³-hybridized carbons (Fsp3) is 0.364. The minimum absolute atomic E-state index is 0.127. The van der Waals surface area contributed by atoms with Crippen LogP contribution in [0.15, 0.2) is 42.5 Å². The molecule has 0 aliphatic heterocycles. The van der Waals surface area contributed by atoms with Crippen LogP contribution >= 0.6 is 23.2 Å². The van der Waals surface area contributed by atoms with Crippen molar-refractivity contribution in [1.29, 1.82) is 0 Å². The molecule has 0 saturated carbocycles. The molecule has 1 amide bonds. The fourth-order valence-electron chi connectivity index (χ4n) is 2.62. The van der Waals surface area contributed by atoms with Gasteiger partial charge in [0.15, 0.2) is 0 Å². The van der Waals surface area contributed by atoms with Crippen molar-refractivity contribution in [1.82, 2.24) is 4.90 Å². The van der Waals surface area contributed by atoms with Gasteiger partial charge in [-0.3, -0.25) is 4.90 Å². The van der Waals surface area contributed by atoms with Crippen LogP contribution in [-0.2, 0) is 22.6 Å². The molecule has 2 rings (SSSR count). The molecule has 0 aliphatic rings. The largest absolute Gasteiger partial charge is 0.489 e. The van der Waals surface area contributed by atoms with E-state index in [1.54, 1.807) is 63.2 Å². The number of nitrogens with zero attached hydrogens (tertiary/aromatic N) is 1. The highest BCUT2D eigenvalue weighted by atomic mass is 35.5. The topological polar surface area (TPSA) is 76.1 Å². The van der Waals surface area contributed by atoms with E-state index in [0.29, 0.717) is 21.4 Å². The zero-order valence-electron chi connectivity index (χ0n) is 17.3. The van der Waals surface area contributed by atoms with Gasteiger partial charge in [0, 0.05) is 29.1 Å². The van der Waals surface area contributed by atoms with Gasteiger partial charge in [-0.1, -0.05) is 41.4 Å². The summed E-state index contributed by atoms with van der Waals surface area (Å²) < 4.78 is 11.0. The summed E-state index contributed by atoms with van der Waals surface area (Å²) in [6, 6.07) is 11.1. The molecule has 2 aromatic carbocycles. The minimum atomic E-state index is -1.11. The number of aliphatic carboxylic acids is 1. The van der Waals surface area contributed by atoms with Crippen LogP contribution in [0.5, 0.6) is 5.75 Å². The number of rotatable bonds is 7. The van der Waals surface area contributed by atoms with Crippen LogP contribution in [0.3, 0.4) is 0 Å². The molecule has 0 aromatic heterocycles. The van der Waals surface area contributed by atoms with Crippen molar-refractivity contribution >= 4 is 35.3 Å². The summed E-state index contributed by atoms with van der Waals surface area (Å²) in [6.07, 6.45) is -0.562. The molecule has 6 nitrogen and oxygen atoms in total. The Morgan fingerprint density at radius 3 is 2.13 bits per heavy atom. The Hall–Kier alpha value is -2.44. The van der Waals surface area contributed by atoms with Crippen molar-refractivity contribution in [3.05, 3.63) is 63.6 Å². The number of hydrogen-bond acceptors (Lipinski definition) is 4. The van der Waals surface area contributed by atoms with Gasteiger partial charge in [-0.25, -0.2) is 9.59 Å². The molecular weight excluding hydrogens is 429 g/mol. The van der Waals surface area contributed by atoms with Crippen molar-refractivity contribution < 1.29 is 24.2 Å². The Morgan fingerprint density at radius 2 is 1.63 bits per heavy atom. The molecule has 162 valence electrons. The van der Waals surface area contributed by atoms with Gasteiger partial charge in [-0.15, -0.1) is 0 Å². The van der Waals surface area contributed by atoms with E-state index in [9.17, 15) is 14.7 Å². The molecular formula is C22H25Cl2NO5. The Labute approximate surface area is 186 Å². The Kier molecular flexibility index (Phi) is 7.98. The summed E-state index contributed by atoms with van der Waals surface area (Å²) in [5.41, 5.74) is 0.716. The highest BCUT2D eigenvalue weighted by Gasteiger charge is 2.30. The maximum Gasteiger partial charge on any atom is 0.410 e. The van der Waals surface area contributed by atoms with Gasteiger partial charge in [0.05, 0.1) is 0 Å². The first kappa shape index (κ1) is 23.8. The first-order valence-electron chi connectivity index (χ1n) is 9.31. The molecule has 0 heterocycles. The van der Waals surface area contributed by atoms with E-state index in [4.69, 9.17) is 32.7 Å². The quantitative estimate of drug-likeness (QED) is 0.604. The lowest BCUT2D eigenvalue weighted by Crippen LogP contribution is -2.46. The lowest BCUT2D eigenvalue weighted by atomic mass is 10.1. The minimum Gasteiger partial charge on any atom is -0.489 e. The predicted molar refractivity (Wildman–Crippen MR) is 116 cm³/mol. The van der Waals surface area contributed by atoms with E-state index in [1.165, 1.54) is 7.05 Å². The number of amides is 1. The number of halogens is 2. The molecule has 0 fully saturated rings. The normalized spacial score (nSPS) is 12.2. The molecule has 1 atom stereocenters. The van der Waals surface area contributed by atoms with E-state index < -0.39 is 23.7 Å².